The zero-order valence-corrected chi connectivity index (χ0v) is 11.2. The number of benzene rings is 1. The molecule has 1 atom stereocenters. The summed E-state index contributed by atoms with van der Waals surface area (Å²) in [6, 6.07) is 5.88. The third-order valence-corrected chi connectivity index (χ3v) is 3.93. The average molecular weight is 283 g/mol. The first-order chi connectivity index (χ1) is 8.79. The third-order valence-electron chi connectivity index (χ3n) is 2.44. The second-order valence-corrected chi connectivity index (χ2v) is 5.88. The van der Waals surface area contributed by atoms with Crippen LogP contribution >= 0.6 is 0 Å². The predicted octanol–water partition coefficient (Wildman–Crippen LogP) is 1.42. The van der Waals surface area contributed by atoms with E-state index in [1.54, 1.807) is 13.8 Å². The molecule has 0 spiro atoms. The van der Waals surface area contributed by atoms with Gasteiger partial charge in [0.25, 0.3) is 5.69 Å². The number of nitrogens with zero attached hydrogens (tertiary/aromatic N) is 2. The lowest BCUT2D eigenvalue weighted by atomic mass is 10.1. The Labute approximate surface area is 111 Å². The summed E-state index contributed by atoms with van der Waals surface area (Å²) in [6.07, 6.45) is 0. The number of sulfonamides is 1. The molecule has 0 bridgehead atoms. The van der Waals surface area contributed by atoms with Gasteiger partial charge in [0.2, 0.25) is 10.0 Å². The maximum absolute atomic E-state index is 12.1. The van der Waals surface area contributed by atoms with Crippen LogP contribution in [0.2, 0.25) is 0 Å². The van der Waals surface area contributed by atoms with Crippen LogP contribution in [0.25, 0.3) is 0 Å². The number of hydrogen-bond acceptors (Lipinski definition) is 5. The standard InChI is InChI=1S/C11H13N3O4S/c1-8(2)9(7-12)13-19(17,18)11-6-4-3-5-10(11)14(15)16/h3-6,8-9,13H,1-2H3. The lowest BCUT2D eigenvalue weighted by Gasteiger charge is -2.15. The summed E-state index contributed by atoms with van der Waals surface area (Å²) >= 11 is 0. The number of hydrogen-bond donors (Lipinski definition) is 1. The first-order valence-corrected chi connectivity index (χ1v) is 6.93. The van der Waals surface area contributed by atoms with Crippen LogP contribution in [-0.4, -0.2) is 19.4 Å². The molecule has 1 rings (SSSR count). The van der Waals surface area contributed by atoms with E-state index in [4.69, 9.17) is 5.26 Å². The molecular formula is C11H13N3O4S. The van der Waals surface area contributed by atoms with Crippen molar-refractivity contribution in [3.8, 4) is 6.07 Å². The number of nitriles is 1. The molecule has 0 saturated carbocycles. The molecule has 1 aromatic rings. The summed E-state index contributed by atoms with van der Waals surface area (Å²) in [4.78, 5) is 9.59. The van der Waals surface area contributed by atoms with E-state index in [1.165, 1.54) is 12.1 Å². The van der Waals surface area contributed by atoms with Gasteiger partial charge in [-0.05, 0) is 12.0 Å². The Kier molecular flexibility index (Phi) is 4.58. The molecule has 102 valence electrons. The van der Waals surface area contributed by atoms with E-state index in [9.17, 15) is 18.5 Å². The number of nitrogens with one attached hydrogen (secondary N) is 1. The molecule has 0 fully saturated rings. The minimum atomic E-state index is -4.11. The maximum atomic E-state index is 12.1. The smallest absolute Gasteiger partial charge is 0.258 e. The van der Waals surface area contributed by atoms with Gasteiger partial charge in [-0.25, -0.2) is 8.42 Å². The van der Waals surface area contributed by atoms with Crippen LogP contribution in [-0.2, 0) is 10.0 Å². The van der Waals surface area contributed by atoms with Crippen LogP contribution in [0, 0.1) is 27.4 Å². The Bertz CT molecular complexity index is 619. The molecule has 1 aromatic carbocycles. The summed E-state index contributed by atoms with van der Waals surface area (Å²) < 4.78 is 26.3. The van der Waals surface area contributed by atoms with Gasteiger partial charge in [-0.3, -0.25) is 10.1 Å². The highest BCUT2D eigenvalue weighted by Crippen LogP contribution is 2.23. The van der Waals surface area contributed by atoms with Gasteiger partial charge in [0, 0.05) is 6.07 Å². The highest BCUT2D eigenvalue weighted by atomic mass is 32.2. The van der Waals surface area contributed by atoms with Crippen molar-refractivity contribution in [3.63, 3.8) is 0 Å². The Hall–Kier alpha value is -1.98. The largest absolute Gasteiger partial charge is 0.289 e. The fourth-order valence-corrected chi connectivity index (χ4v) is 2.84. The van der Waals surface area contributed by atoms with Gasteiger partial charge in [-0.15, -0.1) is 0 Å². The van der Waals surface area contributed by atoms with Gasteiger partial charge in [0.15, 0.2) is 4.90 Å². The molecule has 1 unspecified atom stereocenters. The summed E-state index contributed by atoms with van der Waals surface area (Å²) in [5, 5.41) is 19.7. The molecule has 0 heterocycles. The van der Waals surface area contributed by atoms with Gasteiger partial charge in [0.05, 0.1) is 11.0 Å². The zero-order chi connectivity index (χ0) is 14.6. The van der Waals surface area contributed by atoms with Crippen LogP contribution in [0.15, 0.2) is 29.2 Å². The molecule has 0 aromatic heterocycles. The molecule has 0 amide bonds. The van der Waals surface area contributed by atoms with E-state index in [0.29, 0.717) is 0 Å². The van der Waals surface area contributed by atoms with Crippen LogP contribution < -0.4 is 4.72 Å². The number of nitro groups is 1. The van der Waals surface area contributed by atoms with E-state index in [0.717, 1.165) is 12.1 Å². The van der Waals surface area contributed by atoms with Crippen molar-refractivity contribution in [2.45, 2.75) is 24.8 Å². The molecule has 0 aliphatic heterocycles. The lowest BCUT2D eigenvalue weighted by molar-refractivity contribution is -0.387. The SMILES string of the molecule is CC(C)C(C#N)NS(=O)(=O)c1ccccc1[N+](=O)[O-]. The van der Waals surface area contributed by atoms with Crippen molar-refractivity contribution in [2.75, 3.05) is 0 Å². The third kappa shape index (κ3) is 3.49. The first-order valence-electron chi connectivity index (χ1n) is 5.45. The van der Waals surface area contributed by atoms with Crippen molar-refractivity contribution in [3.05, 3.63) is 34.4 Å². The quantitative estimate of drug-likeness (QED) is 0.648. The highest BCUT2D eigenvalue weighted by molar-refractivity contribution is 7.89. The Morgan fingerprint density at radius 3 is 2.42 bits per heavy atom. The molecule has 0 radical (unpaired) electrons. The average Bonchev–Trinajstić information content (AvgIpc) is 2.35. The molecule has 1 N–H and O–H groups in total. The van der Waals surface area contributed by atoms with E-state index < -0.39 is 31.6 Å². The van der Waals surface area contributed by atoms with Gasteiger partial charge in [-0.2, -0.15) is 9.98 Å². The number of rotatable bonds is 5. The summed E-state index contributed by atoms with van der Waals surface area (Å²) in [6.45, 7) is 3.35. The molecular weight excluding hydrogens is 270 g/mol. The van der Waals surface area contributed by atoms with Crippen LogP contribution in [0.3, 0.4) is 0 Å². The zero-order valence-electron chi connectivity index (χ0n) is 10.4. The predicted molar refractivity (Wildman–Crippen MR) is 67.7 cm³/mol. The second-order valence-electron chi connectivity index (χ2n) is 4.20. The molecule has 0 saturated heterocycles. The molecule has 19 heavy (non-hydrogen) atoms. The first kappa shape index (κ1) is 15.1. The fraction of sp³-hybridized carbons (Fsp3) is 0.364. The normalized spacial score (nSPS) is 12.9. The molecule has 8 heteroatoms. The summed E-state index contributed by atoms with van der Waals surface area (Å²) in [5.74, 6) is -0.248. The van der Waals surface area contributed by atoms with Crippen molar-refractivity contribution >= 4 is 15.7 Å². The van der Waals surface area contributed by atoms with E-state index >= 15 is 0 Å². The van der Waals surface area contributed by atoms with Gasteiger partial charge in [0.1, 0.15) is 6.04 Å². The van der Waals surface area contributed by atoms with Gasteiger partial charge < -0.3 is 0 Å². The van der Waals surface area contributed by atoms with Gasteiger partial charge >= 0.3 is 0 Å². The van der Waals surface area contributed by atoms with Crippen LogP contribution in [0.5, 0.6) is 0 Å². The molecule has 0 aliphatic rings. The Balaban J connectivity index is 3.22. The Morgan fingerprint density at radius 1 is 1.37 bits per heavy atom. The van der Waals surface area contributed by atoms with Crippen molar-refractivity contribution in [1.82, 2.24) is 4.72 Å². The Morgan fingerprint density at radius 2 is 1.95 bits per heavy atom. The van der Waals surface area contributed by atoms with E-state index in [-0.39, 0.29) is 5.92 Å². The fourth-order valence-electron chi connectivity index (χ4n) is 1.38. The van der Waals surface area contributed by atoms with E-state index in [1.807, 2.05) is 6.07 Å². The molecule has 0 aliphatic carbocycles. The second kappa shape index (κ2) is 5.77. The topological polar surface area (TPSA) is 113 Å². The van der Waals surface area contributed by atoms with Crippen LogP contribution in [0.4, 0.5) is 5.69 Å². The summed E-state index contributed by atoms with van der Waals surface area (Å²) in [5.41, 5.74) is -0.518. The van der Waals surface area contributed by atoms with Crippen molar-refractivity contribution in [2.24, 2.45) is 5.92 Å². The van der Waals surface area contributed by atoms with E-state index in [2.05, 4.69) is 4.72 Å². The molecule has 7 nitrogen and oxygen atoms in total. The van der Waals surface area contributed by atoms with Crippen molar-refractivity contribution in [1.29, 1.82) is 5.26 Å². The maximum Gasteiger partial charge on any atom is 0.289 e. The minimum Gasteiger partial charge on any atom is -0.258 e. The number of para-hydroxylation sites is 1. The minimum absolute atomic E-state index is 0.248. The van der Waals surface area contributed by atoms with Gasteiger partial charge in [-0.1, -0.05) is 26.0 Å². The monoisotopic (exact) mass is 283 g/mol. The number of nitro benzene ring substituents is 1. The van der Waals surface area contributed by atoms with Crippen molar-refractivity contribution < 1.29 is 13.3 Å². The van der Waals surface area contributed by atoms with Crippen LogP contribution in [0.1, 0.15) is 13.8 Å². The lowest BCUT2D eigenvalue weighted by Crippen LogP contribution is -2.37. The highest BCUT2D eigenvalue weighted by Gasteiger charge is 2.28. The summed E-state index contributed by atoms with van der Waals surface area (Å²) in [7, 11) is -4.11.